The molecule has 0 aromatic heterocycles. The molecule has 1 amide bonds. The van der Waals surface area contributed by atoms with Crippen molar-refractivity contribution in [3.05, 3.63) is 87.0 Å². The van der Waals surface area contributed by atoms with E-state index < -0.39 is 10.9 Å². The highest BCUT2D eigenvalue weighted by Crippen LogP contribution is 2.44. The molecule has 7 heteroatoms. The third kappa shape index (κ3) is 2.21. The average Bonchev–Trinajstić information content (AvgIpc) is 3.12. The van der Waals surface area contributed by atoms with Crippen molar-refractivity contribution in [1.82, 2.24) is 4.90 Å². The minimum atomic E-state index is -0.607. The summed E-state index contributed by atoms with van der Waals surface area (Å²) >= 11 is 0. The Kier molecular flexibility index (Phi) is 3.43. The third-order valence-corrected chi connectivity index (χ3v) is 4.35. The number of non-ortho nitro benzene ring substituents is 1. The number of nitro groups is 1. The number of amides is 1. The van der Waals surface area contributed by atoms with Crippen LogP contribution >= 0.6 is 0 Å². The molecule has 128 valence electrons. The van der Waals surface area contributed by atoms with Crippen LogP contribution in [0.2, 0.25) is 0 Å². The fourth-order valence-corrected chi connectivity index (χ4v) is 3.14. The molecule has 0 N–H and O–H groups in total. The van der Waals surface area contributed by atoms with Crippen LogP contribution in [0.3, 0.4) is 0 Å². The summed E-state index contributed by atoms with van der Waals surface area (Å²) in [5.74, 6) is -0.828. The highest BCUT2D eigenvalue weighted by atomic mass is 16.6. The fourth-order valence-electron chi connectivity index (χ4n) is 3.14. The molecule has 0 aliphatic carbocycles. The van der Waals surface area contributed by atoms with Crippen molar-refractivity contribution >= 4 is 29.0 Å². The number of likely N-dealkylation sites (N-methyl/N-ethyl adjacent to an activating group) is 1. The molecular formula is C19H12N2O5. The summed E-state index contributed by atoms with van der Waals surface area (Å²) in [6.45, 7) is 0. The van der Waals surface area contributed by atoms with Crippen molar-refractivity contribution in [2.24, 2.45) is 0 Å². The quantitative estimate of drug-likeness (QED) is 0.483. The molecule has 0 saturated carbocycles. The standard InChI is InChI=1S/C19H12N2O5/c1-20-16(11-5-3-2-4-6-11)14-15(18(20)22)17(26-19(14)23)12-7-9-13(10-8-12)21(24)25/h2-10H,1H3. The van der Waals surface area contributed by atoms with E-state index in [4.69, 9.17) is 4.74 Å². The van der Waals surface area contributed by atoms with Crippen molar-refractivity contribution in [3.63, 3.8) is 0 Å². The van der Waals surface area contributed by atoms with Crippen LogP contribution in [0, 0.1) is 10.1 Å². The second kappa shape index (κ2) is 5.66. The Morgan fingerprint density at radius 1 is 0.923 bits per heavy atom. The van der Waals surface area contributed by atoms with Crippen LogP contribution in [0.1, 0.15) is 11.1 Å². The van der Waals surface area contributed by atoms with Crippen molar-refractivity contribution in [2.75, 3.05) is 7.05 Å². The number of nitro benzene ring substituents is 1. The van der Waals surface area contributed by atoms with Crippen LogP contribution in [-0.4, -0.2) is 28.7 Å². The lowest BCUT2D eigenvalue weighted by Crippen LogP contribution is -2.21. The molecule has 7 nitrogen and oxygen atoms in total. The van der Waals surface area contributed by atoms with Gasteiger partial charge in [0.05, 0.1) is 16.2 Å². The summed E-state index contributed by atoms with van der Waals surface area (Å²) in [7, 11) is 1.60. The first-order chi connectivity index (χ1) is 12.5. The summed E-state index contributed by atoms with van der Waals surface area (Å²) in [5, 5.41) is 10.8. The molecule has 0 spiro atoms. The van der Waals surface area contributed by atoms with Crippen LogP contribution in [0.5, 0.6) is 0 Å². The van der Waals surface area contributed by atoms with Crippen LogP contribution in [0.4, 0.5) is 5.69 Å². The van der Waals surface area contributed by atoms with Gasteiger partial charge in [-0.05, 0) is 17.7 Å². The maximum Gasteiger partial charge on any atom is 0.346 e. The second-order valence-electron chi connectivity index (χ2n) is 5.85. The zero-order chi connectivity index (χ0) is 18.4. The van der Waals surface area contributed by atoms with Crippen molar-refractivity contribution in [2.45, 2.75) is 0 Å². The first-order valence-electron chi connectivity index (χ1n) is 7.78. The SMILES string of the molecule is CN1C(=O)C2=C(c3ccc([N+](=O)[O-])cc3)OC(=O)C2=C1c1ccccc1. The van der Waals surface area contributed by atoms with E-state index in [-0.39, 0.29) is 28.5 Å². The Morgan fingerprint density at radius 2 is 1.58 bits per heavy atom. The number of hydrogen-bond acceptors (Lipinski definition) is 5. The summed E-state index contributed by atoms with van der Waals surface area (Å²) < 4.78 is 5.35. The average molecular weight is 348 g/mol. The first kappa shape index (κ1) is 15.8. The van der Waals surface area contributed by atoms with Gasteiger partial charge in [-0.15, -0.1) is 0 Å². The lowest BCUT2D eigenvalue weighted by molar-refractivity contribution is -0.384. The number of benzene rings is 2. The maximum absolute atomic E-state index is 12.8. The van der Waals surface area contributed by atoms with Crippen LogP contribution in [0.25, 0.3) is 11.5 Å². The van der Waals surface area contributed by atoms with Gasteiger partial charge < -0.3 is 9.64 Å². The van der Waals surface area contributed by atoms with Gasteiger partial charge in [0.2, 0.25) is 0 Å². The molecule has 26 heavy (non-hydrogen) atoms. The molecule has 0 atom stereocenters. The molecule has 0 fully saturated rings. The van der Waals surface area contributed by atoms with Crippen molar-refractivity contribution in [3.8, 4) is 0 Å². The molecule has 2 aromatic rings. The fraction of sp³-hybridized carbons (Fsp3) is 0.0526. The summed E-state index contributed by atoms with van der Waals surface area (Å²) in [6, 6.07) is 14.6. The van der Waals surface area contributed by atoms with E-state index in [2.05, 4.69) is 0 Å². The molecule has 0 bridgehead atoms. The number of hydrogen-bond donors (Lipinski definition) is 0. The second-order valence-corrected chi connectivity index (χ2v) is 5.85. The Bertz CT molecular complexity index is 1020. The summed E-state index contributed by atoms with van der Waals surface area (Å²) in [6.07, 6.45) is 0. The monoisotopic (exact) mass is 348 g/mol. The number of cyclic esters (lactones) is 1. The van der Waals surface area contributed by atoms with E-state index in [1.54, 1.807) is 7.05 Å². The Hall–Kier alpha value is -3.74. The summed E-state index contributed by atoms with van der Waals surface area (Å²) in [5.41, 5.74) is 1.98. The number of rotatable bonds is 3. The maximum atomic E-state index is 12.8. The molecule has 0 saturated heterocycles. The third-order valence-electron chi connectivity index (χ3n) is 4.35. The number of ether oxygens (including phenoxy) is 1. The van der Waals surface area contributed by atoms with Gasteiger partial charge in [-0.2, -0.15) is 0 Å². The van der Waals surface area contributed by atoms with Crippen LogP contribution in [-0.2, 0) is 14.3 Å². The first-order valence-corrected chi connectivity index (χ1v) is 7.78. The number of esters is 1. The normalized spacial score (nSPS) is 16.3. The highest BCUT2D eigenvalue weighted by Gasteiger charge is 2.45. The van der Waals surface area contributed by atoms with Gasteiger partial charge >= 0.3 is 5.97 Å². The van der Waals surface area contributed by atoms with E-state index in [0.29, 0.717) is 11.3 Å². The molecule has 0 unspecified atom stereocenters. The van der Waals surface area contributed by atoms with Gasteiger partial charge in [-0.1, -0.05) is 30.3 Å². The Labute approximate surface area is 148 Å². The predicted molar refractivity (Wildman–Crippen MR) is 92.2 cm³/mol. The van der Waals surface area contributed by atoms with Crippen LogP contribution < -0.4 is 0 Å². The largest absolute Gasteiger partial charge is 0.421 e. The Morgan fingerprint density at radius 3 is 2.19 bits per heavy atom. The molecule has 2 aromatic carbocycles. The topological polar surface area (TPSA) is 89.8 Å². The number of nitrogens with zero attached hydrogens (tertiary/aromatic N) is 2. The molecule has 0 radical (unpaired) electrons. The van der Waals surface area contributed by atoms with E-state index in [9.17, 15) is 19.7 Å². The van der Waals surface area contributed by atoms with Gasteiger partial charge in [0, 0.05) is 24.7 Å². The van der Waals surface area contributed by atoms with Crippen LogP contribution in [0.15, 0.2) is 65.7 Å². The van der Waals surface area contributed by atoms with E-state index >= 15 is 0 Å². The molecule has 2 aliphatic rings. The van der Waals surface area contributed by atoms with Gasteiger partial charge in [-0.25, -0.2) is 4.79 Å². The molecular weight excluding hydrogens is 336 g/mol. The van der Waals surface area contributed by atoms with Gasteiger partial charge in [0.1, 0.15) is 5.57 Å². The van der Waals surface area contributed by atoms with Crippen molar-refractivity contribution < 1.29 is 19.2 Å². The van der Waals surface area contributed by atoms with Crippen molar-refractivity contribution in [1.29, 1.82) is 0 Å². The molecule has 2 heterocycles. The summed E-state index contributed by atoms with van der Waals surface area (Å²) in [4.78, 5) is 36.9. The number of fused-ring (bicyclic) bond motifs is 1. The zero-order valence-corrected chi connectivity index (χ0v) is 13.6. The highest BCUT2D eigenvalue weighted by molar-refractivity contribution is 6.27. The van der Waals surface area contributed by atoms with E-state index in [0.717, 1.165) is 5.56 Å². The molecule has 4 rings (SSSR count). The number of carbonyl (C=O) groups is 2. The molecule has 2 aliphatic heterocycles. The minimum absolute atomic E-state index is 0.0840. The van der Waals surface area contributed by atoms with Gasteiger partial charge in [0.15, 0.2) is 5.76 Å². The van der Waals surface area contributed by atoms with Gasteiger partial charge in [-0.3, -0.25) is 14.9 Å². The predicted octanol–water partition coefficient (Wildman–Crippen LogP) is 2.75. The Balaban J connectivity index is 1.89. The lowest BCUT2D eigenvalue weighted by Gasteiger charge is -2.15. The van der Waals surface area contributed by atoms with E-state index in [1.165, 1.54) is 29.2 Å². The minimum Gasteiger partial charge on any atom is -0.421 e. The van der Waals surface area contributed by atoms with E-state index in [1.807, 2.05) is 30.3 Å². The van der Waals surface area contributed by atoms with Gasteiger partial charge in [0.25, 0.3) is 11.6 Å². The lowest BCUT2D eigenvalue weighted by atomic mass is 10.0. The number of carbonyl (C=O) groups excluding carboxylic acids is 2. The zero-order valence-electron chi connectivity index (χ0n) is 13.6. The smallest absolute Gasteiger partial charge is 0.346 e.